The number of carbonyl (C=O) groups is 3. The first-order chi connectivity index (χ1) is 18.7. The highest BCUT2D eigenvalue weighted by atomic mass is 32.2. The summed E-state index contributed by atoms with van der Waals surface area (Å²) in [6.45, 7) is 8.90. The molecule has 0 aliphatic carbocycles. The average Bonchev–Trinajstić information content (AvgIpc) is 3.20. The zero-order valence-electron chi connectivity index (χ0n) is 22.5. The second kappa shape index (κ2) is 12.7. The van der Waals surface area contributed by atoms with Crippen LogP contribution >= 0.6 is 11.8 Å². The van der Waals surface area contributed by atoms with Crippen molar-refractivity contribution in [1.82, 2.24) is 5.32 Å². The number of benzene rings is 3. The van der Waals surface area contributed by atoms with Crippen LogP contribution in [0.15, 0.2) is 59.5 Å². The van der Waals surface area contributed by atoms with Gasteiger partial charge in [0.05, 0.1) is 18.1 Å². The summed E-state index contributed by atoms with van der Waals surface area (Å²) in [7, 11) is 0. The molecule has 1 heterocycles. The van der Waals surface area contributed by atoms with E-state index in [1.807, 2.05) is 42.5 Å². The highest BCUT2D eigenvalue weighted by molar-refractivity contribution is 8.18. The summed E-state index contributed by atoms with van der Waals surface area (Å²) in [5.41, 5.74) is 7.60. The van der Waals surface area contributed by atoms with E-state index in [4.69, 9.17) is 14.2 Å². The number of thioether (sulfide) groups is 1. The van der Waals surface area contributed by atoms with Gasteiger partial charge in [-0.05, 0) is 102 Å². The van der Waals surface area contributed by atoms with Gasteiger partial charge in [-0.1, -0.05) is 30.3 Å². The van der Waals surface area contributed by atoms with Crippen LogP contribution in [0.3, 0.4) is 0 Å². The Morgan fingerprint density at radius 3 is 2.28 bits per heavy atom. The first kappa shape index (κ1) is 28.0. The Morgan fingerprint density at radius 2 is 1.64 bits per heavy atom. The summed E-state index contributed by atoms with van der Waals surface area (Å²) in [5, 5.41) is 1.90. The molecule has 1 aliphatic heterocycles. The Labute approximate surface area is 232 Å². The molecule has 202 valence electrons. The topological polar surface area (TPSA) is 90.9 Å². The minimum Gasteiger partial charge on any atom is -0.493 e. The standard InChI is InChI=1S/C31H31NO6S/c1-19-15-26(37-14-6-13-36-22(4)33)16-20(2)29(19)27-8-5-7-24(21(27)3)18-38-25-11-9-23(10-12-25)17-28-30(34)32-31(35)39-28/h5,7-12,15-17H,6,13-14,18H2,1-4H3,(H,32,34,35)/b28-17-. The molecule has 1 saturated heterocycles. The summed E-state index contributed by atoms with van der Waals surface area (Å²) in [5.74, 6) is 0.857. The highest BCUT2D eigenvalue weighted by Crippen LogP contribution is 2.34. The van der Waals surface area contributed by atoms with E-state index >= 15 is 0 Å². The van der Waals surface area contributed by atoms with Gasteiger partial charge in [0.15, 0.2) is 0 Å². The van der Waals surface area contributed by atoms with E-state index in [-0.39, 0.29) is 17.1 Å². The third-order valence-corrected chi connectivity index (χ3v) is 7.11. The molecule has 4 rings (SSSR count). The average molecular weight is 546 g/mol. The van der Waals surface area contributed by atoms with E-state index in [2.05, 4.69) is 38.2 Å². The molecule has 8 heteroatoms. The van der Waals surface area contributed by atoms with E-state index in [0.717, 1.165) is 50.9 Å². The molecular formula is C31H31NO6S. The number of nitrogens with one attached hydrogen (secondary N) is 1. The summed E-state index contributed by atoms with van der Waals surface area (Å²) >= 11 is 0.898. The Balaban J connectivity index is 1.42. The van der Waals surface area contributed by atoms with Crippen molar-refractivity contribution in [3.05, 3.63) is 87.3 Å². The van der Waals surface area contributed by atoms with Gasteiger partial charge in [-0.2, -0.15) is 0 Å². The molecule has 0 unspecified atom stereocenters. The third kappa shape index (κ3) is 7.29. The maximum Gasteiger partial charge on any atom is 0.302 e. The molecule has 0 spiro atoms. The van der Waals surface area contributed by atoms with Crippen LogP contribution < -0.4 is 14.8 Å². The minimum absolute atomic E-state index is 0.282. The summed E-state index contributed by atoms with van der Waals surface area (Å²) in [4.78, 5) is 34.4. The Kier molecular flexibility index (Phi) is 9.09. The first-order valence-corrected chi connectivity index (χ1v) is 13.5. The molecule has 0 aromatic heterocycles. The number of imide groups is 1. The van der Waals surface area contributed by atoms with Crippen LogP contribution in [0.5, 0.6) is 11.5 Å². The van der Waals surface area contributed by atoms with Crippen LogP contribution in [0.4, 0.5) is 4.79 Å². The molecule has 0 bridgehead atoms. The van der Waals surface area contributed by atoms with Crippen molar-refractivity contribution in [2.45, 2.75) is 40.7 Å². The number of aryl methyl sites for hydroxylation is 2. The SMILES string of the molecule is CC(=O)OCCCOc1cc(C)c(-c2cccc(COc3ccc(/C=C4\SC(=O)NC4=O)cc3)c2C)c(C)c1. The monoisotopic (exact) mass is 545 g/mol. The summed E-state index contributed by atoms with van der Waals surface area (Å²) in [6.07, 6.45) is 2.32. The Morgan fingerprint density at radius 1 is 0.923 bits per heavy atom. The number of carbonyl (C=O) groups excluding carboxylic acids is 3. The van der Waals surface area contributed by atoms with Gasteiger partial charge in [0.25, 0.3) is 11.1 Å². The van der Waals surface area contributed by atoms with Gasteiger partial charge >= 0.3 is 5.97 Å². The molecule has 0 radical (unpaired) electrons. The summed E-state index contributed by atoms with van der Waals surface area (Å²) in [6, 6.07) is 17.7. The van der Waals surface area contributed by atoms with Crippen molar-refractivity contribution < 1.29 is 28.6 Å². The Hall–Kier alpha value is -4.04. The smallest absolute Gasteiger partial charge is 0.302 e. The molecule has 39 heavy (non-hydrogen) atoms. The van der Waals surface area contributed by atoms with Crippen LogP contribution in [0.25, 0.3) is 17.2 Å². The first-order valence-electron chi connectivity index (χ1n) is 12.7. The largest absolute Gasteiger partial charge is 0.493 e. The molecule has 2 amide bonds. The third-order valence-electron chi connectivity index (χ3n) is 6.30. The van der Waals surface area contributed by atoms with Gasteiger partial charge in [0, 0.05) is 13.3 Å². The summed E-state index contributed by atoms with van der Waals surface area (Å²) < 4.78 is 16.9. The number of esters is 1. The Bertz CT molecular complexity index is 1400. The maximum atomic E-state index is 11.8. The quantitative estimate of drug-likeness (QED) is 0.176. The second-order valence-corrected chi connectivity index (χ2v) is 10.3. The fourth-order valence-corrected chi connectivity index (χ4v) is 5.08. The number of amides is 2. The number of rotatable bonds is 10. The molecule has 1 fully saturated rings. The van der Waals surface area contributed by atoms with E-state index in [1.165, 1.54) is 12.5 Å². The molecule has 1 N–H and O–H groups in total. The molecule has 7 nitrogen and oxygen atoms in total. The van der Waals surface area contributed by atoms with Crippen molar-refractivity contribution >= 4 is 35.0 Å². The highest BCUT2D eigenvalue weighted by Gasteiger charge is 2.24. The predicted molar refractivity (Wildman–Crippen MR) is 153 cm³/mol. The fraction of sp³-hybridized carbons (Fsp3) is 0.258. The van der Waals surface area contributed by atoms with Crippen LogP contribution in [-0.2, 0) is 20.9 Å². The fourth-order valence-electron chi connectivity index (χ4n) is 4.40. The number of ether oxygens (including phenoxy) is 3. The lowest BCUT2D eigenvalue weighted by molar-refractivity contribution is -0.141. The van der Waals surface area contributed by atoms with E-state index in [1.54, 1.807) is 6.08 Å². The predicted octanol–water partition coefficient (Wildman–Crippen LogP) is 6.51. The zero-order chi connectivity index (χ0) is 27.9. The van der Waals surface area contributed by atoms with Gasteiger partial charge in [-0.3, -0.25) is 19.7 Å². The second-order valence-electron chi connectivity index (χ2n) is 9.27. The van der Waals surface area contributed by atoms with Gasteiger partial charge < -0.3 is 14.2 Å². The van der Waals surface area contributed by atoms with Gasteiger partial charge in [0.2, 0.25) is 0 Å². The van der Waals surface area contributed by atoms with Gasteiger partial charge in [0.1, 0.15) is 18.1 Å². The van der Waals surface area contributed by atoms with Crippen molar-refractivity contribution in [3.8, 4) is 22.6 Å². The lowest BCUT2D eigenvalue weighted by atomic mass is 9.90. The van der Waals surface area contributed by atoms with E-state index in [0.29, 0.717) is 36.9 Å². The number of hydrogen-bond donors (Lipinski definition) is 1. The molecule has 0 atom stereocenters. The lowest BCUT2D eigenvalue weighted by Crippen LogP contribution is -2.17. The van der Waals surface area contributed by atoms with Gasteiger partial charge in [-0.25, -0.2) is 0 Å². The molecule has 3 aromatic carbocycles. The van der Waals surface area contributed by atoms with E-state index < -0.39 is 0 Å². The van der Waals surface area contributed by atoms with Crippen molar-refractivity contribution in [2.24, 2.45) is 0 Å². The molecular weight excluding hydrogens is 514 g/mol. The lowest BCUT2D eigenvalue weighted by Gasteiger charge is -2.18. The van der Waals surface area contributed by atoms with Crippen molar-refractivity contribution in [3.63, 3.8) is 0 Å². The van der Waals surface area contributed by atoms with Gasteiger partial charge in [-0.15, -0.1) is 0 Å². The normalized spacial score (nSPS) is 13.9. The molecule has 1 aliphatic rings. The molecule has 0 saturated carbocycles. The van der Waals surface area contributed by atoms with E-state index in [9.17, 15) is 14.4 Å². The van der Waals surface area contributed by atoms with Crippen LogP contribution in [0.2, 0.25) is 0 Å². The molecule has 3 aromatic rings. The van der Waals surface area contributed by atoms with Crippen LogP contribution in [0, 0.1) is 20.8 Å². The van der Waals surface area contributed by atoms with Crippen LogP contribution in [-0.4, -0.2) is 30.3 Å². The number of hydrogen-bond acceptors (Lipinski definition) is 7. The van der Waals surface area contributed by atoms with Crippen LogP contribution in [0.1, 0.15) is 41.2 Å². The van der Waals surface area contributed by atoms with Crippen molar-refractivity contribution in [2.75, 3.05) is 13.2 Å². The minimum atomic E-state index is -0.371. The zero-order valence-corrected chi connectivity index (χ0v) is 23.3. The maximum absolute atomic E-state index is 11.8. The van der Waals surface area contributed by atoms with Crippen molar-refractivity contribution in [1.29, 1.82) is 0 Å².